The monoisotopic (exact) mass is 282 g/mol. The molecule has 4 nitrogen and oxygen atoms in total. The summed E-state index contributed by atoms with van der Waals surface area (Å²) in [5, 5.41) is 10.3. The SMILES string of the molecule is O=[N+]([O-])C1=CC=C(Br)N(Br)C1. The predicted octanol–water partition coefficient (Wildman–Crippen LogP) is 2.01. The third-order valence-corrected chi connectivity index (χ3v) is 2.98. The van der Waals surface area contributed by atoms with Gasteiger partial charge in [0.25, 0.3) is 5.70 Å². The van der Waals surface area contributed by atoms with Crippen LogP contribution >= 0.6 is 32.1 Å². The maximum atomic E-state index is 10.3. The van der Waals surface area contributed by atoms with Crippen molar-refractivity contribution in [1.29, 1.82) is 0 Å². The zero-order valence-electron chi connectivity index (χ0n) is 5.33. The Hall–Kier alpha value is -0.360. The molecule has 0 atom stereocenters. The van der Waals surface area contributed by atoms with Gasteiger partial charge in [-0.25, -0.2) is 0 Å². The fourth-order valence-electron chi connectivity index (χ4n) is 0.635. The normalized spacial score (nSPS) is 17.5. The molecule has 0 spiro atoms. The molecule has 0 unspecified atom stereocenters. The Balaban J connectivity index is 2.82. The van der Waals surface area contributed by atoms with Gasteiger partial charge >= 0.3 is 0 Å². The fourth-order valence-corrected chi connectivity index (χ4v) is 1.27. The van der Waals surface area contributed by atoms with Gasteiger partial charge < -0.3 is 0 Å². The molecule has 0 aromatic heterocycles. The standard InChI is InChI=1S/C5H4Br2N2O2/c6-5-2-1-4(9(10)11)3-8(5)7/h1-2H,3H2. The lowest BCUT2D eigenvalue weighted by atomic mass is 10.3. The summed E-state index contributed by atoms with van der Waals surface area (Å²) in [6.07, 6.45) is 3.10. The Morgan fingerprint density at radius 1 is 1.64 bits per heavy atom. The van der Waals surface area contributed by atoms with E-state index in [4.69, 9.17) is 0 Å². The van der Waals surface area contributed by atoms with Gasteiger partial charge in [-0.05, 0) is 22.0 Å². The number of nitro groups is 1. The minimum atomic E-state index is -0.399. The average Bonchev–Trinajstić information content (AvgIpc) is 1.94. The Morgan fingerprint density at radius 3 is 2.73 bits per heavy atom. The highest BCUT2D eigenvalue weighted by atomic mass is 79.9. The van der Waals surface area contributed by atoms with Crippen molar-refractivity contribution in [2.24, 2.45) is 0 Å². The van der Waals surface area contributed by atoms with Crippen LogP contribution in [0.2, 0.25) is 0 Å². The van der Waals surface area contributed by atoms with Crippen LogP contribution in [0.15, 0.2) is 22.5 Å². The first kappa shape index (κ1) is 8.73. The molecule has 60 valence electrons. The second kappa shape index (κ2) is 3.36. The van der Waals surface area contributed by atoms with Gasteiger partial charge in [-0.2, -0.15) is 0 Å². The number of nitrogens with zero attached hydrogens (tertiary/aromatic N) is 2. The van der Waals surface area contributed by atoms with Crippen LogP contribution in [0, 0.1) is 10.1 Å². The summed E-state index contributed by atoms with van der Waals surface area (Å²) >= 11 is 6.34. The number of hydrogen-bond acceptors (Lipinski definition) is 3. The molecular formula is C5H4Br2N2O2. The first-order chi connectivity index (χ1) is 5.11. The minimum absolute atomic E-state index is 0.171. The molecule has 0 saturated heterocycles. The molecule has 6 heteroatoms. The Bertz CT molecular complexity index is 249. The van der Waals surface area contributed by atoms with E-state index in [1.165, 1.54) is 6.08 Å². The van der Waals surface area contributed by atoms with E-state index in [0.29, 0.717) is 0 Å². The maximum absolute atomic E-state index is 10.3. The van der Waals surface area contributed by atoms with Gasteiger partial charge in [-0.15, -0.1) is 0 Å². The zero-order valence-corrected chi connectivity index (χ0v) is 8.50. The molecule has 0 amide bonds. The van der Waals surface area contributed by atoms with Gasteiger partial charge in [0, 0.05) is 6.08 Å². The molecule has 0 bridgehead atoms. The summed E-state index contributed by atoms with van der Waals surface area (Å²) < 4.78 is 2.36. The van der Waals surface area contributed by atoms with Crippen molar-refractivity contribution in [2.45, 2.75) is 0 Å². The van der Waals surface area contributed by atoms with E-state index in [1.807, 2.05) is 0 Å². The molecule has 1 rings (SSSR count). The fraction of sp³-hybridized carbons (Fsp3) is 0.200. The first-order valence-electron chi connectivity index (χ1n) is 2.75. The second-order valence-electron chi connectivity index (χ2n) is 1.92. The van der Waals surface area contributed by atoms with Gasteiger partial charge in [0.15, 0.2) is 0 Å². The number of halogens is 2. The highest BCUT2D eigenvalue weighted by Crippen LogP contribution is 2.22. The van der Waals surface area contributed by atoms with Crippen molar-refractivity contribution in [1.82, 2.24) is 3.93 Å². The van der Waals surface area contributed by atoms with Crippen LogP contribution in [-0.4, -0.2) is 15.4 Å². The summed E-state index contributed by atoms with van der Waals surface area (Å²) in [6, 6.07) is 0. The molecule has 1 aliphatic rings. The molecule has 0 N–H and O–H groups in total. The predicted molar refractivity (Wildman–Crippen MR) is 47.7 cm³/mol. The summed E-state index contributed by atoms with van der Waals surface area (Å²) in [7, 11) is 0. The van der Waals surface area contributed by atoms with E-state index in [0.717, 1.165) is 4.61 Å². The third kappa shape index (κ3) is 2.03. The largest absolute Gasteiger partial charge is 0.292 e. The Morgan fingerprint density at radius 2 is 2.27 bits per heavy atom. The van der Waals surface area contributed by atoms with E-state index in [-0.39, 0.29) is 12.2 Å². The number of allylic oxidation sites excluding steroid dienone is 2. The van der Waals surface area contributed by atoms with Crippen LogP contribution in [0.4, 0.5) is 0 Å². The van der Waals surface area contributed by atoms with E-state index in [2.05, 4.69) is 32.1 Å². The number of hydrogen-bond donors (Lipinski definition) is 0. The molecule has 11 heavy (non-hydrogen) atoms. The molecule has 0 radical (unpaired) electrons. The smallest absolute Gasteiger partial charge is 0.266 e. The Labute approximate surface area is 80.2 Å². The molecule has 0 aromatic rings. The van der Waals surface area contributed by atoms with Gasteiger partial charge in [0.2, 0.25) is 0 Å². The summed E-state index contributed by atoms with van der Waals surface area (Å²) in [4.78, 5) is 9.85. The number of rotatable bonds is 1. The van der Waals surface area contributed by atoms with E-state index in [9.17, 15) is 10.1 Å². The van der Waals surface area contributed by atoms with Crippen molar-refractivity contribution < 1.29 is 4.92 Å². The zero-order chi connectivity index (χ0) is 8.43. The molecule has 0 fully saturated rings. The molecule has 0 saturated carbocycles. The Kier molecular flexibility index (Phi) is 2.67. The van der Waals surface area contributed by atoms with Crippen LogP contribution in [0.5, 0.6) is 0 Å². The van der Waals surface area contributed by atoms with E-state index < -0.39 is 4.92 Å². The van der Waals surface area contributed by atoms with Crippen LogP contribution in [-0.2, 0) is 0 Å². The molecular weight excluding hydrogens is 280 g/mol. The van der Waals surface area contributed by atoms with E-state index >= 15 is 0 Å². The highest BCUT2D eigenvalue weighted by Gasteiger charge is 2.18. The van der Waals surface area contributed by atoms with Crippen LogP contribution in [0.1, 0.15) is 0 Å². The van der Waals surface area contributed by atoms with Gasteiger partial charge in [-0.1, -0.05) is 0 Å². The average molecular weight is 284 g/mol. The second-order valence-corrected chi connectivity index (χ2v) is 3.59. The lowest BCUT2D eigenvalue weighted by Gasteiger charge is -2.15. The van der Waals surface area contributed by atoms with E-state index in [1.54, 1.807) is 10.0 Å². The van der Waals surface area contributed by atoms with Crippen molar-refractivity contribution >= 4 is 32.1 Å². The molecule has 1 heterocycles. The lowest BCUT2D eigenvalue weighted by molar-refractivity contribution is -0.427. The maximum Gasteiger partial charge on any atom is 0.266 e. The highest BCUT2D eigenvalue weighted by molar-refractivity contribution is 9.13. The summed E-state index contributed by atoms with van der Waals surface area (Å²) in [6.45, 7) is 0.268. The van der Waals surface area contributed by atoms with Crippen LogP contribution in [0.3, 0.4) is 0 Å². The lowest BCUT2D eigenvalue weighted by Crippen LogP contribution is -2.18. The minimum Gasteiger partial charge on any atom is -0.292 e. The van der Waals surface area contributed by atoms with Gasteiger partial charge in [0.05, 0.1) is 25.7 Å². The van der Waals surface area contributed by atoms with Crippen molar-refractivity contribution in [3.8, 4) is 0 Å². The van der Waals surface area contributed by atoms with Crippen molar-refractivity contribution in [3.05, 3.63) is 32.6 Å². The summed E-state index contributed by atoms with van der Waals surface area (Å²) in [5.41, 5.74) is 0.171. The van der Waals surface area contributed by atoms with Crippen LogP contribution in [0.25, 0.3) is 0 Å². The quantitative estimate of drug-likeness (QED) is 0.320. The molecule has 1 aliphatic heterocycles. The molecule has 0 aliphatic carbocycles. The molecule has 0 aromatic carbocycles. The van der Waals surface area contributed by atoms with Gasteiger partial charge in [0.1, 0.15) is 6.54 Å². The van der Waals surface area contributed by atoms with Crippen molar-refractivity contribution in [2.75, 3.05) is 6.54 Å². The topological polar surface area (TPSA) is 46.4 Å². The van der Waals surface area contributed by atoms with Crippen LogP contribution < -0.4 is 0 Å². The summed E-state index contributed by atoms with van der Waals surface area (Å²) in [5.74, 6) is 0. The first-order valence-corrected chi connectivity index (χ1v) is 4.25. The van der Waals surface area contributed by atoms with Gasteiger partial charge in [-0.3, -0.25) is 14.0 Å². The van der Waals surface area contributed by atoms with Crippen molar-refractivity contribution in [3.63, 3.8) is 0 Å². The third-order valence-electron chi connectivity index (χ3n) is 1.18.